The second-order valence-corrected chi connectivity index (χ2v) is 10.1. The molecule has 2 amide bonds. The maximum Gasteiger partial charge on any atom is 0.251 e. The van der Waals surface area contributed by atoms with Gasteiger partial charge in [0.15, 0.2) is 0 Å². The summed E-state index contributed by atoms with van der Waals surface area (Å²) in [6.45, 7) is 10.8. The molecule has 168 valence electrons. The van der Waals surface area contributed by atoms with Gasteiger partial charge < -0.3 is 10.2 Å². The van der Waals surface area contributed by atoms with Crippen LogP contribution >= 0.6 is 0 Å². The van der Waals surface area contributed by atoms with E-state index in [4.69, 9.17) is 0 Å². The lowest BCUT2D eigenvalue weighted by Gasteiger charge is -2.37. The van der Waals surface area contributed by atoms with Crippen LogP contribution in [0.2, 0.25) is 0 Å². The van der Waals surface area contributed by atoms with Crippen LogP contribution in [0.25, 0.3) is 0 Å². The van der Waals surface area contributed by atoms with Crippen LogP contribution in [0.1, 0.15) is 64.2 Å². The number of hydrogen-bond donors (Lipinski definition) is 1. The van der Waals surface area contributed by atoms with E-state index in [1.165, 1.54) is 16.4 Å². The van der Waals surface area contributed by atoms with Crippen LogP contribution in [-0.4, -0.2) is 61.2 Å². The lowest BCUT2D eigenvalue weighted by atomic mass is 9.98. The lowest BCUT2D eigenvalue weighted by Crippen LogP contribution is -2.54. The van der Waals surface area contributed by atoms with Crippen molar-refractivity contribution >= 4 is 21.8 Å². The number of amides is 2. The molecule has 2 unspecified atom stereocenters. The number of benzene rings is 1. The van der Waals surface area contributed by atoms with Gasteiger partial charge in [0.25, 0.3) is 5.91 Å². The van der Waals surface area contributed by atoms with E-state index in [0.29, 0.717) is 19.6 Å². The summed E-state index contributed by atoms with van der Waals surface area (Å²) in [5, 5.41) is 2.85. The first-order chi connectivity index (χ1) is 14.1. The predicted molar refractivity (Wildman–Crippen MR) is 118 cm³/mol. The smallest absolute Gasteiger partial charge is 0.251 e. The van der Waals surface area contributed by atoms with Crippen molar-refractivity contribution in [2.24, 2.45) is 5.92 Å². The molecule has 0 aromatic heterocycles. The Labute approximate surface area is 180 Å². The average molecular weight is 438 g/mol. The number of carbonyl (C=O) groups is 2. The molecule has 2 rings (SSSR count). The zero-order valence-corrected chi connectivity index (χ0v) is 19.5. The van der Waals surface area contributed by atoms with Gasteiger partial charge in [-0.3, -0.25) is 9.59 Å². The number of nitrogens with zero attached hydrogens (tertiary/aromatic N) is 2. The summed E-state index contributed by atoms with van der Waals surface area (Å²) in [6.07, 6.45) is 3.05. The summed E-state index contributed by atoms with van der Waals surface area (Å²) in [5.41, 5.74) is 0.230. The van der Waals surface area contributed by atoms with Crippen molar-refractivity contribution in [3.8, 4) is 0 Å². The van der Waals surface area contributed by atoms with Gasteiger partial charge in [-0.15, -0.1) is 0 Å². The third-order valence-electron chi connectivity index (χ3n) is 5.74. The quantitative estimate of drug-likeness (QED) is 0.677. The number of carbonyl (C=O) groups excluding carboxylic acids is 2. The third-order valence-corrected chi connectivity index (χ3v) is 7.79. The molecule has 0 radical (unpaired) electrons. The van der Waals surface area contributed by atoms with E-state index in [1.54, 1.807) is 26.0 Å². The highest BCUT2D eigenvalue weighted by molar-refractivity contribution is 7.89. The lowest BCUT2D eigenvalue weighted by molar-refractivity contribution is -0.137. The van der Waals surface area contributed by atoms with E-state index >= 15 is 0 Å². The molecule has 1 aliphatic rings. The number of hydrogen-bond acceptors (Lipinski definition) is 4. The minimum Gasteiger partial charge on any atom is -0.340 e. The Morgan fingerprint density at radius 3 is 2.43 bits per heavy atom. The van der Waals surface area contributed by atoms with Gasteiger partial charge in [0, 0.05) is 31.2 Å². The van der Waals surface area contributed by atoms with Crippen LogP contribution in [0.5, 0.6) is 0 Å². The van der Waals surface area contributed by atoms with Gasteiger partial charge >= 0.3 is 0 Å². The number of rotatable bonds is 8. The van der Waals surface area contributed by atoms with E-state index < -0.39 is 22.0 Å². The summed E-state index contributed by atoms with van der Waals surface area (Å²) in [5.74, 6) is -0.598. The average Bonchev–Trinajstić information content (AvgIpc) is 2.72. The normalized spacial score (nSPS) is 18.5. The molecule has 1 aromatic rings. The molecule has 1 aliphatic heterocycles. The Morgan fingerprint density at radius 2 is 1.87 bits per heavy atom. The summed E-state index contributed by atoms with van der Waals surface area (Å²) in [7, 11) is -3.66. The summed E-state index contributed by atoms with van der Waals surface area (Å²) in [6, 6.07) is 5.51. The Balaban J connectivity index is 2.24. The van der Waals surface area contributed by atoms with Crippen LogP contribution in [-0.2, 0) is 14.8 Å². The first-order valence-corrected chi connectivity index (χ1v) is 12.3. The molecule has 30 heavy (non-hydrogen) atoms. The molecular weight excluding hydrogens is 402 g/mol. The van der Waals surface area contributed by atoms with E-state index in [9.17, 15) is 18.0 Å². The van der Waals surface area contributed by atoms with E-state index in [-0.39, 0.29) is 28.3 Å². The SMILES string of the molecule is CCN(CC)S(=O)(=O)c1cccc(C(=O)NC(C(=O)N2CCCCC2C)C(C)C)c1. The second kappa shape index (κ2) is 10.4. The van der Waals surface area contributed by atoms with Crippen LogP contribution in [0, 0.1) is 5.92 Å². The first kappa shape index (κ1) is 24.3. The van der Waals surface area contributed by atoms with E-state index in [1.807, 2.05) is 25.7 Å². The zero-order chi connectivity index (χ0) is 22.5. The first-order valence-electron chi connectivity index (χ1n) is 10.8. The molecule has 1 aromatic carbocycles. The van der Waals surface area contributed by atoms with Gasteiger partial charge in [-0.2, -0.15) is 4.31 Å². The number of sulfonamides is 1. The molecule has 8 heteroatoms. The van der Waals surface area contributed by atoms with Crippen molar-refractivity contribution in [1.29, 1.82) is 0 Å². The maximum atomic E-state index is 13.1. The molecule has 1 fully saturated rings. The van der Waals surface area contributed by atoms with E-state index in [0.717, 1.165) is 19.3 Å². The molecule has 0 aliphatic carbocycles. The number of piperidine rings is 1. The molecule has 1 N–H and O–H groups in total. The Kier molecular flexibility index (Phi) is 8.43. The predicted octanol–water partition coefficient (Wildman–Crippen LogP) is 2.87. The standard InChI is InChI=1S/C22H35N3O4S/c1-6-24(7-2)30(28,29)19-13-10-12-18(15-19)21(26)23-20(16(3)4)22(27)25-14-9-8-11-17(25)5/h10,12-13,15-17,20H,6-9,11,14H2,1-5H3,(H,23,26). The highest BCUT2D eigenvalue weighted by Crippen LogP contribution is 2.20. The van der Waals surface area contributed by atoms with Crippen LogP contribution in [0.15, 0.2) is 29.2 Å². The van der Waals surface area contributed by atoms with Crippen molar-refractivity contribution in [3.05, 3.63) is 29.8 Å². The van der Waals surface area contributed by atoms with Crippen LogP contribution < -0.4 is 5.32 Å². The molecule has 0 spiro atoms. The minimum absolute atomic E-state index is 0.0718. The Morgan fingerprint density at radius 1 is 1.20 bits per heavy atom. The topological polar surface area (TPSA) is 86.8 Å². The zero-order valence-electron chi connectivity index (χ0n) is 18.7. The van der Waals surface area contributed by atoms with Crippen molar-refractivity contribution in [3.63, 3.8) is 0 Å². The fourth-order valence-corrected chi connectivity index (χ4v) is 5.36. The Bertz CT molecular complexity index is 850. The molecular formula is C22H35N3O4S. The second-order valence-electron chi connectivity index (χ2n) is 8.19. The summed E-state index contributed by atoms with van der Waals surface area (Å²) in [4.78, 5) is 28.0. The van der Waals surface area contributed by atoms with Crippen LogP contribution in [0.3, 0.4) is 0 Å². The molecule has 1 saturated heterocycles. The van der Waals surface area contributed by atoms with Crippen molar-refractivity contribution < 1.29 is 18.0 Å². The fraction of sp³-hybridized carbons (Fsp3) is 0.636. The van der Waals surface area contributed by atoms with Crippen LogP contribution in [0.4, 0.5) is 0 Å². The largest absolute Gasteiger partial charge is 0.340 e. The fourth-order valence-electron chi connectivity index (χ4n) is 3.85. The van der Waals surface area contributed by atoms with E-state index in [2.05, 4.69) is 5.32 Å². The molecule has 1 heterocycles. The summed E-state index contributed by atoms with van der Waals surface area (Å²) < 4.78 is 26.9. The molecule has 0 saturated carbocycles. The summed E-state index contributed by atoms with van der Waals surface area (Å²) >= 11 is 0. The van der Waals surface area contributed by atoms with Gasteiger partial charge in [0.05, 0.1) is 4.90 Å². The number of likely N-dealkylation sites (tertiary alicyclic amines) is 1. The third kappa shape index (κ3) is 5.40. The van der Waals surface area contributed by atoms with Crippen molar-refractivity contribution in [1.82, 2.24) is 14.5 Å². The van der Waals surface area contributed by atoms with Gasteiger partial charge in [0.2, 0.25) is 15.9 Å². The molecule has 0 bridgehead atoms. The molecule has 2 atom stereocenters. The minimum atomic E-state index is -3.66. The Hall–Kier alpha value is -1.93. The van der Waals surface area contributed by atoms with Crippen molar-refractivity contribution in [2.45, 2.75) is 70.9 Å². The monoisotopic (exact) mass is 437 g/mol. The highest BCUT2D eigenvalue weighted by Gasteiger charge is 2.32. The van der Waals surface area contributed by atoms with Gasteiger partial charge in [-0.25, -0.2) is 8.42 Å². The maximum absolute atomic E-state index is 13.1. The van der Waals surface area contributed by atoms with Gasteiger partial charge in [-0.1, -0.05) is 33.8 Å². The van der Waals surface area contributed by atoms with Gasteiger partial charge in [0.1, 0.15) is 6.04 Å². The number of nitrogens with one attached hydrogen (secondary N) is 1. The van der Waals surface area contributed by atoms with Crippen molar-refractivity contribution in [2.75, 3.05) is 19.6 Å². The van der Waals surface area contributed by atoms with Gasteiger partial charge in [-0.05, 0) is 50.3 Å². The molecule has 7 nitrogen and oxygen atoms in total. The highest BCUT2D eigenvalue weighted by atomic mass is 32.2.